The number of hydrogen-bond acceptors (Lipinski definition) is 6. The molecule has 9 nitrogen and oxygen atoms in total. The van der Waals surface area contributed by atoms with Gasteiger partial charge in [-0.25, -0.2) is 4.57 Å². The lowest BCUT2D eigenvalue weighted by Gasteiger charge is -2.27. The van der Waals surface area contributed by atoms with Crippen molar-refractivity contribution in [3.63, 3.8) is 0 Å². The number of esters is 1. The summed E-state index contributed by atoms with van der Waals surface area (Å²) in [5, 5.41) is 3.02. The van der Waals surface area contributed by atoms with Crippen molar-refractivity contribution in [3.8, 4) is 0 Å². The number of nitrogens with zero attached hydrogens (tertiary/aromatic N) is 1. The van der Waals surface area contributed by atoms with Crippen LogP contribution in [0.25, 0.3) is 0 Å². The predicted octanol–water partition coefficient (Wildman–Crippen LogP) is 19.8. The average molecular weight is 1100 g/mol. The molecule has 0 aliphatic rings. The fourth-order valence-corrected chi connectivity index (χ4v) is 9.65. The quantitative estimate of drug-likeness (QED) is 0.0205. The van der Waals surface area contributed by atoms with Crippen LogP contribution in [0, 0.1) is 0 Å². The normalized spacial score (nSPS) is 14.2. The lowest BCUT2D eigenvalue weighted by molar-refractivity contribution is -0.870. The van der Waals surface area contributed by atoms with Gasteiger partial charge >= 0.3 is 13.8 Å². The number of quaternary nitrogens is 1. The Labute approximate surface area is 476 Å². The maximum Gasteiger partial charge on any atom is 0.472 e. The number of likely N-dealkylation sites (N-methyl/N-ethyl adjacent to an activating group) is 1. The summed E-state index contributed by atoms with van der Waals surface area (Å²) < 4.78 is 30.7. The Morgan fingerprint density at radius 3 is 1.29 bits per heavy atom. The molecule has 77 heavy (non-hydrogen) atoms. The van der Waals surface area contributed by atoms with Gasteiger partial charge in [0.2, 0.25) is 5.91 Å². The van der Waals surface area contributed by atoms with Crippen molar-refractivity contribution in [2.45, 2.75) is 290 Å². The van der Waals surface area contributed by atoms with Crippen LogP contribution < -0.4 is 5.32 Å². The lowest BCUT2D eigenvalue weighted by atomic mass is 10.0. The van der Waals surface area contributed by atoms with Gasteiger partial charge in [0.1, 0.15) is 19.3 Å². The van der Waals surface area contributed by atoms with Gasteiger partial charge in [-0.2, -0.15) is 0 Å². The van der Waals surface area contributed by atoms with E-state index in [1.54, 1.807) is 0 Å². The highest BCUT2D eigenvalue weighted by molar-refractivity contribution is 7.47. The first-order valence-electron chi connectivity index (χ1n) is 31.9. The minimum absolute atomic E-state index is 0.0268. The van der Waals surface area contributed by atoms with Gasteiger partial charge in [-0.05, 0) is 96.0 Å². The van der Waals surface area contributed by atoms with Crippen molar-refractivity contribution in [1.82, 2.24) is 5.32 Å². The second-order valence-corrected chi connectivity index (χ2v) is 24.0. The van der Waals surface area contributed by atoms with Crippen LogP contribution in [0.5, 0.6) is 0 Å². The summed E-state index contributed by atoms with van der Waals surface area (Å²) in [6.45, 7) is 6.86. The van der Waals surface area contributed by atoms with Crippen molar-refractivity contribution in [2.75, 3.05) is 40.9 Å². The molecule has 0 heterocycles. The Bertz CT molecular complexity index is 1590. The highest BCUT2D eigenvalue weighted by Crippen LogP contribution is 2.43. The number of ether oxygens (including phenoxy) is 1. The molecule has 10 heteroatoms. The molecule has 3 unspecified atom stereocenters. The summed E-state index contributed by atoms with van der Waals surface area (Å²) in [6, 6.07) is -0.882. The summed E-state index contributed by atoms with van der Waals surface area (Å²) in [5.74, 6) is -0.571. The molecule has 0 bridgehead atoms. The molecule has 0 rings (SSSR count). The second-order valence-electron chi connectivity index (χ2n) is 22.5. The SMILES string of the molecule is CC/C=C\C/C=C\C/C=C\C/C=C\C/C=C\CCCC(=O)NC(COP(=O)(O)OCC[N+](C)(C)C)C(/C=C/CCCCCCCCCCCCC)OC(=O)CCCCCCCCCCCCC/C=C/CCCCCCCC. The average Bonchev–Trinajstić information content (AvgIpc) is 3.39. The summed E-state index contributed by atoms with van der Waals surface area (Å²) in [5.41, 5.74) is 0. The van der Waals surface area contributed by atoms with E-state index < -0.39 is 20.0 Å². The van der Waals surface area contributed by atoms with Crippen molar-refractivity contribution in [1.29, 1.82) is 0 Å². The van der Waals surface area contributed by atoms with Crippen molar-refractivity contribution < 1.29 is 37.3 Å². The summed E-state index contributed by atoms with van der Waals surface area (Å²) >= 11 is 0. The van der Waals surface area contributed by atoms with Gasteiger partial charge in [0.25, 0.3) is 0 Å². The topological polar surface area (TPSA) is 111 Å². The number of carbonyl (C=O) groups excluding carboxylic acids is 2. The van der Waals surface area contributed by atoms with E-state index in [1.165, 1.54) is 161 Å². The zero-order valence-electron chi connectivity index (χ0n) is 50.9. The summed E-state index contributed by atoms with van der Waals surface area (Å²) in [7, 11) is 1.46. The fourth-order valence-electron chi connectivity index (χ4n) is 8.91. The first-order valence-corrected chi connectivity index (χ1v) is 33.4. The van der Waals surface area contributed by atoms with Crippen LogP contribution in [-0.2, 0) is 27.9 Å². The largest absolute Gasteiger partial charge is 0.472 e. The van der Waals surface area contributed by atoms with Gasteiger partial charge in [-0.3, -0.25) is 18.6 Å². The molecule has 1 amide bonds. The Balaban J connectivity index is 5.31. The van der Waals surface area contributed by atoms with Crippen LogP contribution in [0.4, 0.5) is 0 Å². The molecule has 2 N–H and O–H groups in total. The zero-order chi connectivity index (χ0) is 56.4. The third-order valence-corrected chi connectivity index (χ3v) is 14.8. The number of unbranched alkanes of at least 4 members (excludes halogenated alkanes) is 29. The minimum Gasteiger partial charge on any atom is -0.456 e. The van der Waals surface area contributed by atoms with Crippen LogP contribution in [0.1, 0.15) is 278 Å². The fraction of sp³-hybridized carbons (Fsp3) is 0.761. The molecule has 0 aromatic carbocycles. The van der Waals surface area contributed by atoms with E-state index in [0.717, 1.165) is 77.0 Å². The van der Waals surface area contributed by atoms with Gasteiger partial charge in [0, 0.05) is 12.8 Å². The minimum atomic E-state index is -4.47. The number of amides is 1. The summed E-state index contributed by atoms with van der Waals surface area (Å²) in [6.07, 6.45) is 74.5. The molecule has 0 radical (unpaired) electrons. The maximum absolute atomic E-state index is 13.5. The molecule has 0 saturated heterocycles. The van der Waals surface area contributed by atoms with Crippen molar-refractivity contribution in [2.24, 2.45) is 0 Å². The van der Waals surface area contributed by atoms with Gasteiger partial charge < -0.3 is 19.4 Å². The molecule has 0 saturated carbocycles. The van der Waals surface area contributed by atoms with E-state index in [1.807, 2.05) is 33.3 Å². The Hall–Kier alpha value is -2.81. The molecular weight excluding hydrogens is 976 g/mol. The van der Waals surface area contributed by atoms with E-state index in [-0.39, 0.29) is 37.9 Å². The van der Waals surface area contributed by atoms with Crippen molar-refractivity contribution >= 4 is 19.7 Å². The smallest absolute Gasteiger partial charge is 0.456 e. The van der Waals surface area contributed by atoms with Crippen molar-refractivity contribution in [3.05, 3.63) is 85.1 Å². The Morgan fingerprint density at radius 2 is 0.844 bits per heavy atom. The number of rotatable bonds is 57. The first kappa shape index (κ1) is 74.2. The lowest BCUT2D eigenvalue weighted by Crippen LogP contribution is -2.47. The number of nitrogens with one attached hydrogen (secondary N) is 1. The predicted molar refractivity (Wildman–Crippen MR) is 332 cm³/mol. The molecule has 0 spiro atoms. The number of carbonyl (C=O) groups is 2. The third-order valence-electron chi connectivity index (χ3n) is 13.8. The zero-order valence-corrected chi connectivity index (χ0v) is 51.8. The molecule has 446 valence electrons. The van der Waals surface area contributed by atoms with Crippen LogP contribution >= 0.6 is 7.82 Å². The molecular formula is C67H122N2O7P+. The van der Waals surface area contributed by atoms with E-state index >= 15 is 0 Å². The molecule has 0 fully saturated rings. The van der Waals surface area contributed by atoms with Gasteiger partial charge in [-0.15, -0.1) is 0 Å². The Kier molecular flexibility index (Phi) is 54.4. The van der Waals surface area contributed by atoms with Gasteiger partial charge in [0.15, 0.2) is 0 Å². The highest BCUT2D eigenvalue weighted by Gasteiger charge is 2.30. The van der Waals surface area contributed by atoms with Gasteiger partial charge in [-0.1, -0.05) is 254 Å². The maximum atomic E-state index is 13.5. The standard InChI is InChI=1S/C67H121N2O7P/c1-7-10-13-16-19-22-25-28-30-32-33-34-35-37-39-42-45-48-51-54-57-60-67(71)76-65(58-55-52-49-46-43-40-27-24-21-18-15-12-9-3)64(63-75-77(72,73)74-62-61-69(4,5)6)68-66(70)59-56-53-50-47-44-41-38-36-31-29-26-23-20-17-14-11-8-2/h11,14,20,23,28-31,38,41,47,50,55,58,64-65H,7-10,12-13,15-19,21-22,24-27,32-37,39-40,42-46,48-49,51-54,56-57,59-63H2,1-6H3,(H-,68,70,72,73)/p+1/b14-11-,23-20-,30-28+,31-29-,41-38-,50-47-,58-55+. The number of hydrogen-bond donors (Lipinski definition) is 2. The van der Waals surface area contributed by atoms with E-state index in [0.29, 0.717) is 17.4 Å². The third kappa shape index (κ3) is 57.7. The molecule has 0 aliphatic heterocycles. The van der Waals surface area contributed by atoms with Crippen LogP contribution in [-0.4, -0.2) is 74.3 Å². The van der Waals surface area contributed by atoms with E-state index in [2.05, 4.69) is 99.0 Å². The van der Waals surface area contributed by atoms with Gasteiger partial charge in [0.05, 0.1) is 33.8 Å². The first-order chi connectivity index (χ1) is 37.4. The Morgan fingerprint density at radius 1 is 0.468 bits per heavy atom. The molecule has 0 aromatic heterocycles. The van der Waals surface area contributed by atoms with Crippen LogP contribution in [0.15, 0.2) is 85.1 Å². The van der Waals surface area contributed by atoms with E-state index in [9.17, 15) is 19.0 Å². The van der Waals surface area contributed by atoms with E-state index in [4.69, 9.17) is 13.8 Å². The highest BCUT2D eigenvalue weighted by atomic mass is 31.2. The molecule has 0 aliphatic carbocycles. The monoisotopic (exact) mass is 1100 g/mol. The second kappa shape index (κ2) is 56.5. The van der Waals surface area contributed by atoms with Crippen LogP contribution in [0.2, 0.25) is 0 Å². The number of phosphoric acid groups is 1. The molecule has 3 atom stereocenters. The van der Waals surface area contributed by atoms with Crippen LogP contribution in [0.3, 0.4) is 0 Å². The summed E-state index contributed by atoms with van der Waals surface area (Å²) in [4.78, 5) is 37.7. The number of phosphoric ester groups is 1. The molecule has 0 aromatic rings. The number of allylic oxidation sites excluding steroid dienone is 13.